The van der Waals surface area contributed by atoms with Crippen LogP contribution in [0.3, 0.4) is 0 Å². The van der Waals surface area contributed by atoms with Gasteiger partial charge in [-0.25, -0.2) is 4.79 Å². The number of benzene rings is 3. The van der Waals surface area contributed by atoms with E-state index in [0.29, 0.717) is 11.5 Å². The molecule has 0 saturated carbocycles. The van der Waals surface area contributed by atoms with Gasteiger partial charge < -0.3 is 13.9 Å². The zero-order valence-electron chi connectivity index (χ0n) is 14.6. The van der Waals surface area contributed by atoms with Gasteiger partial charge in [-0.1, -0.05) is 30.3 Å². The van der Waals surface area contributed by atoms with Crippen LogP contribution in [0.25, 0.3) is 21.9 Å². The predicted octanol–water partition coefficient (Wildman–Crippen LogP) is 5.27. The van der Waals surface area contributed by atoms with Crippen molar-refractivity contribution >= 4 is 27.9 Å². The number of carbonyl (C=O) groups excluding carboxylic acids is 1. The Bertz CT molecular complexity index is 1090. The normalized spacial score (nSPS) is 12.2. The maximum Gasteiger partial charge on any atom is 0.352 e. The average molecular weight is 346 g/mol. The molecule has 4 aromatic rings. The largest absolute Gasteiger partial charge is 0.479 e. The van der Waals surface area contributed by atoms with Gasteiger partial charge in [0.2, 0.25) is 0 Å². The van der Waals surface area contributed by atoms with Crippen molar-refractivity contribution in [3.05, 3.63) is 72.3 Å². The van der Waals surface area contributed by atoms with Crippen molar-refractivity contribution in [2.24, 2.45) is 0 Å². The summed E-state index contributed by atoms with van der Waals surface area (Å²) in [6.07, 6.45) is -0.714. The molecule has 0 amide bonds. The Morgan fingerprint density at radius 1 is 0.885 bits per heavy atom. The van der Waals surface area contributed by atoms with Gasteiger partial charge in [-0.05, 0) is 55.8 Å². The molecular weight excluding hydrogens is 328 g/mol. The Morgan fingerprint density at radius 3 is 2.54 bits per heavy atom. The summed E-state index contributed by atoms with van der Waals surface area (Å²) in [6.45, 7) is 3.65. The van der Waals surface area contributed by atoms with Gasteiger partial charge in [0.05, 0.1) is 0 Å². The lowest BCUT2D eigenvalue weighted by atomic mass is 10.1. The van der Waals surface area contributed by atoms with Gasteiger partial charge in [0.25, 0.3) is 0 Å². The molecule has 4 heteroatoms. The Labute approximate surface area is 150 Å². The molecule has 0 unspecified atom stereocenters. The molecule has 1 heterocycles. The Kier molecular flexibility index (Phi) is 4.09. The van der Waals surface area contributed by atoms with Crippen LogP contribution in [0.15, 0.2) is 71.1 Å². The number of aryl methyl sites for hydroxylation is 1. The van der Waals surface area contributed by atoms with E-state index in [2.05, 4.69) is 0 Å². The summed E-state index contributed by atoms with van der Waals surface area (Å²) in [4.78, 5) is 12.4. The maximum absolute atomic E-state index is 12.4. The first-order valence-corrected chi connectivity index (χ1v) is 8.46. The van der Waals surface area contributed by atoms with Crippen LogP contribution in [0.1, 0.15) is 12.5 Å². The SMILES string of the molecule is Cc1cccc(O[C@@H](C)C(=O)Oc2ccc3oc4ccccc4c3c2)c1. The van der Waals surface area contributed by atoms with Crippen LogP contribution in [0.4, 0.5) is 0 Å². The number of carbonyl (C=O) groups is 1. The highest BCUT2D eigenvalue weighted by Crippen LogP contribution is 2.31. The van der Waals surface area contributed by atoms with E-state index in [1.54, 1.807) is 13.0 Å². The summed E-state index contributed by atoms with van der Waals surface area (Å²) >= 11 is 0. The van der Waals surface area contributed by atoms with E-state index >= 15 is 0 Å². The summed E-state index contributed by atoms with van der Waals surface area (Å²) in [6, 6.07) is 20.7. The minimum absolute atomic E-state index is 0.446. The minimum Gasteiger partial charge on any atom is -0.479 e. The number of hydrogen-bond acceptors (Lipinski definition) is 4. The summed E-state index contributed by atoms with van der Waals surface area (Å²) in [5, 5.41) is 1.91. The highest BCUT2D eigenvalue weighted by atomic mass is 16.6. The van der Waals surface area contributed by atoms with Crippen molar-refractivity contribution in [3.63, 3.8) is 0 Å². The molecule has 4 rings (SSSR count). The first-order valence-electron chi connectivity index (χ1n) is 8.46. The average Bonchev–Trinajstić information content (AvgIpc) is 3.00. The fourth-order valence-corrected chi connectivity index (χ4v) is 2.91. The molecule has 0 aliphatic heterocycles. The van der Waals surface area contributed by atoms with Gasteiger partial charge in [-0.15, -0.1) is 0 Å². The Morgan fingerprint density at radius 2 is 1.69 bits per heavy atom. The summed E-state index contributed by atoms with van der Waals surface area (Å²) in [7, 11) is 0. The molecule has 4 nitrogen and oxygen atoms in total. The van der Waals surface area contributed by atoms with E-state index in [1.165, 1.54) is 0 Å². The van der Waals surface area contributed by atoms with Crippen LogP contribution in [-0.4, -0.2) is 12.1 Å². The van der Waals surface area contributed by atoms with E-state index in [-0.39, 0.29) is 0 Å². The lowest BCUT2D eigenvalue weighted by Crippen LogP contribution is -2.28. The lowest BCUT2D eigenvalue weighted by Gasteiger charge is -2.14. The van der Waals surface area contributed by atoms with Crippen LogP contribution in [-0.2, 0) is 4.79 Å². The van der Waals surface area contributed by atoms with E-state index in [0.717, 1.165) is 27.5 Å². The lowest BCUT2D eigenvalue weighted by molar-refractivity contribution is -0.141. The highest BCUT2D eigenvalue weighted by Gasteiger charge is 2.18. The second-order valence-electron chi connectivity index (χ2n) is 6.25. The fourth-order valence-electron chi connectivity index (χ4n) is 2.91. The number of furan rings is 1. The van der Waals surface area contributed by atoms with Gasteiger partial charge in [-0.2, -0.15) is 0 Å². The van der Waals surface area contributed by atoms with E-state index in [9.17, 15) is 4.79 Å². The van der Waals surface area contributed by atoms with Crippen molar-refractivity contribution in [2.45, 2.75) is 20.0 Å². The topological polar surface area (TPSA) is 48.7 Å². The molecule has 0 bridgehead atoms. The number of fused-ring (bicyclic) bond motifs is 3. The summed E-state index contributed by atoms with van der Waals surface area (Å²) in [5.74, 6) is 0.665. The van der Waals surface area contributed by atoms with Crippen molar-refractivity contribution in [2.75, 3.05) is 0 Å². The number of esters is 1. The Balaban J connectivity index is 1.54. The van der Waals surface area contributed by atoms with Crippen LogP contribution in [0.5, 0.6) is 11.5 Å². The first-order chi connectivity index (χ1) is 12.6. The maximum atomic E-state index is 12.4. The monoisotopic (exact) mass is 346 g/mol. The standard InChI is InChI=1S/C22H18O4/c1-14-6-5-7-16(12-14)24-15(2)22(23)25-17-10-11-21-19(13-17)18-8-3-4-9-20(18)26-21/h3-13,15H,1-2H3/t15-/m0/s1. The molecule has 26 heavy (non-hydrogen) atoms. The van der Waals surface area contributed by atoms with Crippen molar-refractivity contribution in [1.82, 2.24) is 0 Å². The molecule has 0 N–H and O–H groups in total. The molecule has 1 atom stereocenters. The van der Waals surface area contributed by atoms with Gasteiger partial charge in [0, 0.05) is 10.8 Å². The molecule has 0 spiro atoms. The third kappa shape index (κ3) is 3.14. The molecule has 0 aliphatic rings. The van der Waals surface area contributed by atoms with E-state index < -0.39 is 12.1 Å². The molecule has 1 aromatic heterocycles. The van der Waals surface area contributed by atoms with Crippen molar-refractivity contribution in [1.29, 1.82) is 0 Å². The van der Waals surface area contributed by atoms with Crippen LogP contribution < -0.4 is 9.47 Å². The predicted molar refractivity (Wildman–Crippen MR) is 101 cm³/mol. The van der Waals surface area contributed by atoms with Gasteiger partial charge in [0.15, 0.2) is 6.10 Å². The van der Waals surface area contributed by atoms with Crippen LogP contribution in [0.2, 0.25) is 0 Å². The molecule has 0 fully saturated rings. The van der Waals surface area contributed by atoms with Crippen LogP contribution in [0, 0.1) is 6.92 Å². The zero-order valence-corrected chi connectivity index (χ0v) is 14.6. The summed E-state index contributed by atoms with van der Waals surface area (Å²) < 4.78 is 17.0. The number of para-hydroxylation sites is 1. The molecular formula is C22H18O4. The van der Waals surface area contributed by atoms with Gasteiger partial charge in [0.1, 0.15) is 22.7 Å². The van der Waals surface area contributed by atoms with Crippen molar-refractivity contribution < 1.29 is 18.7 Å². The highest BCUT2D eigenvalue weighted by molar-refractivity contribution is 6.05. The van der Waals surface area contributed by atoms with Gasteiger partial charge >= 0.3 is 5.97 Å². The molecule has 3 aromatic carbocycles. The smallest absolute Gasteiger partial charge is 0.352 e. The van der Waals surface area contributed by atoms with E-state index in [1.807, 2.05) is 67.6 Å². The minimum atomic E-state index is -0.714. The quantitative estimate of drug-likeness (QED) is 0.373. The zero-order chi connectivity index (χ0) is 18.1. The summed E-state index contributed by atoms with van der Waals surface area (Å²) in [5.41, 5.74) is 2.64. The van der Waals surface area contributed by atoms with Crippen LogP contribution >= 0.6 is 0 Å². The van der Waals surface area contributed by atoms with Crippen molar-refractivity contribution in [3.8, 4) is 11.5 Å². The molecule has 130 valence electrons. The van der Waals surface area contributed by atoms with Gasteiger partial charge in [-0.3, -0.25) is 0 Å². The molecule has 0 radical (unpaired) electrons. The van der Waals surface area contributed by atoms with E-state index in [4.69, 9.17) is 13.9 Å². The third-order valence-electron chi connectivity index (χ3n) is 4.20. The Hall–Kier alpha value is -3.27. The fraction of sp³-hybridized carbons (Fsp3) is 0.136. The second-order valence-corrected chi connectivity index (χ2v) is 6.25. The number of ether oxygens (including phenoxy) is 2. The molecule has 0 aliphatic carbocycles. The number of hydrogen-bond donors (Lipinski definition) is 0. The molecule has 0 saturated heterocycles. The third-order valence-corrected chi connectivity index (χ3v) is 4.20. The second kappa shape index (κ2) is 6.56. The first kappa shape index (κ1) is 16.2. The number of rotatable bonds is 4.